The fraction of sp³-hybridized carbons (Fsp3) is 0.500. The first-order valence-corrected chi connectivity index (χ1v) is 7.32. The smallest absolute Gasteiger partial charge is 0.243 e. The third kappa shape index (κ3) is 11.6. The number of allylic oxidation sites excluding steroid dienone is 5. The predicted molar refractivity (Wildman–Crippen MR) is 83.5 cm³/mol. The third-order valence-electron chi connectivity index (χ3n) is 2.78. The van der Waals surface area contributed by atoms with Crippen LogP contribution in [-0.2, 0) is 9.59 Å². The van der Waals surface area contributed by atoms with Gasteiger partial charge in [-0.25, -0.2) is 5.48 Å². The molecule has 0 bridgehead atoms. The number of carbonyl (C=O) groups excluding carboxylic acids is 2. The summed E-state index contributed by atoms with van der Waals surface area (Å²) in [6, 6.07) is 0. The lowest BCUT2D eigenvalue weighted by molar-refractivity contribution is -0.129. The van der Waals surface area contributed by atoms with E-state index < -0.39 is 0 Å². The summed E-state index contributed by atoms with van der Waals surface area (Å²) < 4.78 is 0. The van der Waals surface area contributed by atoms with Gasteiger partial charge >= 0.3 is 0 Å². The SMILES string of the molecule is C\C=C/C=C(\C=C/C)NC(=O)CCCCCCC(=O)NO. The third-order valence-corrected chi connectivity index (χ3v) is 2.78. The largest absolute Gasteiger partial charge is 0.326 e. The summed E-state index contributed by atoms with van der Waals surface area (Å²) in [5, 5.41) is 11.2. The monoisotopic (exact) mass is 294 g/mol. The first-order valence-electron chi connectivity index (χ1n) is 7.32. The van der Waals surface area contributed by atoms with Gasteiger partial charge < -0.3 is 5.32 Å². The Morgan fingerprint density at radius 1 is 0.952 bits per heavy atom. The lowest BCUT2D eigenvalue weighted by atomic mass is 10.1. The minimum Gasteiger partial charge on any atom is -0.326 e. The molecular formula is C16H26N2O3. The molecule has 3 N–H and O–H groups in total. The Morgan fingerprint density at radius 2 is 1.57 bits per heavy atom. The van der Waals surface area contributed by atoms with Crippen molar-refractivity contribution in [3.63, 3.8) is 0 Å². The Hall–Kier alpha value is -1.88. The van der Waals surface area contributed by atoms with Crippen molar-refractivity contribution in [3.8, 4) is 0 Å². The number of rotatable bonds is 10. The molecule has 5 heteroatoms. The van der Waals surface area contributed by atoms with Gasteiger partial charge in [0.25, 0.3) is 0 Å². The quantitative estimate of drug-likeness (QED) is 0.251. The summed E-state index contributed by atoms with van der Waals surface area (Å²) in [5.74, 6) is -0.366. The van der Waals surface area contributed by atoms with Crippen molar-refractivity contribution in [2.24, 2.45) is 0 Å². The molecule has 0 spiro atoms. The molecule has 21 heavy (non-hydrogen) atoms. The Kier molecular flexibility index (Phi) is 11.9. The molecule has 0 saturated heterocycles. The van der Waals surface area contributed by atoms with Crippen LogP contribution in [0.15, 0.2) is 36.1 Å². The first-order chi connectivity index (χ1) is 10.1. The average Bonchev–Trinajstić information content (AvgIpc) is 2.48. The summed E-state index contributed by atoms with van der Waals surface area (Å²) in [5.41, 5.74) is 2.38. The van der Waals surface area contributed by atoms with Crippen LogP contribution in [0.5, 0.6) is 0 Å². The molecule has 0 saturated carbocycles. The van der Waals surface area contributed by atoms with E-state index in [4.69, 9.17) is 5.21 Å². The maximum atomic E-state index is 11.8. The van der Waals surface area contributed by atoms with Gasteiger partial charge in [0.2, 0.25) is 11.8 Å². The average molecular weight is 294 g/mol. The normalized spacial score (nSPS) is 12.0. The van der Waals surface area contributed by atoms with E-state index in [0.717, 1.165) is 31.4 Å². The van der Waals surface area contributed by atoms with Crippen molar-refractivity contribution < 1.29 is 14.8 Å². The van der Waals surface area contributed by atoms with Gasteiger partial charge in [0.05, 0.1) is 0 Å². The molecule has 0 rings (SSSR count). The fourth-order valence-electron chi connectivity index (χ4n) is 1.72. The fourth-order valence-corrected chi connectivity index (χ4v) is 1.72. The van der Waals surface area contributed by atoms with Crippen LogP contribution in [0.3, 0.4) is 0 Å². The van der Waals surface area contributed by atoms with Crippen LogP contribution in [0.25, 0.3) is 0 Å². The van der Waals surface area contributed by atoms with Gasteiger partial charge in [-0.05, 0) is 38.8 Å². The lowest BCUT2D eigenvalue weighted by Crippen LogP contribution is -2.21. The highest BCUT2D eigenvalue weighted by atomic mass is 16.5. The van der Waals surface area contributed by atoms with E-state index in [1.807, 2.05) is 44.2 Å². The second-order valence-corrected chi connectivity index (χ2v) is 4.65. The van der Waals surface area contributed by atoms with Crippen LogP contribution in [0.2, 0.25) is 0 Å². The summed E-state index contributed by atoms with van der Waals surface area (Å²) in [6.07, 6.45) is 13.4. The molecule has 0 aliphatic rings. The molecule has 0 aliphatic carbocycles. The lowest BCUT2D eigenvalue weighted by Gasteiger charge is -2.05. The van der Waals surface area contributed by atoms with E-state index in [0.29, 0.717) is 12.8 Å². The van der Waals surface area contributed by atoms with E-state index >= 15 is 0 Å². The van der Waals surface area contributed by atoms with Crippen molar-refractivity contribution in [2.75, 3.05) is 0 Å². The molecule has 0 aliphatic heterocycles. The standard InChI is InChI=1S/C16H26N2O3/c1-3-5-11-14(10-4-2)17-15(19)12-8-6-7-9-13-16(20)18-21/h3-5,10-11,21H,6-9,12-13H2,1-2H3,(H,17,19)(H,18,20)/b5-3-,10-4-,14-11+. The summed E-state index contributed by atoms with van der Waals surface area (Å²) >= 11 is 0. The number of carbonyl (C=O) groups is 2. The number of hydrogen-bond donors (Lipinski definition) is 3. The predicted octanol–water partition coefficient (Wildman–Crippen LogP) is 2.98. The van der Waals surface area contributed by atoms with Gasteiger partial charge in [0, 0.05) is 18.5 Å². The van der Waals surface area contributed by atoms with E-state index in [1.165, 1.54) is 0 Å². The highest BCUT2D eigenvalue weighted by Crippen LogP contribution is 2.06. The Morgan fingerprint density at radius 3 is 2.10 bits per heavy atom. The minimum atomic E-state index is -0.363. The van der Waals surface area contributed by atoms with Gasteiger partial charge in [-0.15, -0.1) is 0 Å². The molecule has 0 aromatic rings. The maximum Gasteiger partial charge on any atom is 0.243 e. The van der Waals surface area contributed by atoms with Gasteiger partial charge in [0.15, 0.2) is 0 Å². The minimum absolute atomic E-state index is 0.00282. The van der Waals surface area contributed by atoms with Crippen molar-refractivity contribution in [1.82, 2.24) is 10.8 Å². The Labute approximate surface area is 126 Å². The highest BCUT2D eigenvalue weighted by Gasteiger charge is 2.03. The van der Waals surface area contributed by atoms with E-state index in [9.17, 15) is 9.59 Å². The van der Waals surface area contributed by atoms with E-state index in [-0.39, 0.29) is 11.8 Å². The van der Waals surface area contributed by atoms with Crippen LogP contribution >= 0.6 is 0 Å². The first kappa shape index (κ1) is 19.1. The Balaban J connectivity index is 3.86. The highest BCUT2D eigenvalue weighted by molar-refractivity contribution is 5.78. The number of hydroxylamine groups is 1. The van der Waals surface area contributed by atoms with Crippen LogP contribution in [0, 0.1) is 0 Å². The van der Waals surface area contributed by atoms with Crippen molar-refractivity contribution >= 4 is 11.8 Å². The van der Waals surface area contributed by atoms with Crippen molar-refractivity contribution in [1.29, 1.82) is 0 Å². The molecular weight excluding hydrogens is 268 g/mol. The molecule has 5 nitrogen and oxygen atoms in total. The molecule has 0 fully saturated rings. The molecule has 118 valence electrons. The van der Waals surface area contributed by atoms with Gasteiger partial charge in [-0.2, -0.15) is 0 Å². The van der Waals surface area contributed by atoms with Gasteiger partial charge in [-0.3, -0.25) is 14.8 Å². The van der Waals surface area contributed by atoms with Crippen LogP contribution in [0.1, 0.15) is 52.4 Å². The van der Waals surface area contributed by atoms with Gasteiger partial charge in [0.1, 0.15) is 0 Å². The van der Waals surface area contributed by atoms with Crippen LogP contribution < -0.4 is 10.8 Å². The van der Waals surface area contributed by atoms with Crippen molar-refractivity contribution in [3.05, 3.63) is 36.1 Å². The summed E-state index contributed by atoms with van der Waals surface area (Å²) in [6.45, 7) is 3.82. The Bertz CT molecular complexity index is 398. The topological polar surface area (TPSA) is 78.4 Å². The second kappa shape index (κ2) is 13.1. The molecule has 0 atom stereocenters. The molecule has 0 unspecified atom stereocenters. The van der Waals surface area contributed by atoms with E-state index in [1.54, 1.807) is 5.48 Å². The number of amides is 2. The van der Waals surface area contributed by atoms with Gasteiger partial charge in [-0.1, -0.05) is 31.1 Å². The maximum absolute atomic E-state index is 11.8. The molecule has 2 amide bonds. The molecule has 0 aromatic carbocycles. The number of unbranched alkanes of at least 4 members (excludes halogenated alkanes) is 3. The summed E-state index contributed by atoms with van der Waals surface area (Å²) in [7, 11) is 0. The zero-order valence-electron chi connectivity index (χ0n) is 12.9. The van der Waals surface area contributed by atoms with Crippen molar-refractivity contribution in [2.45, 2.75) is 52.4 Å². The molecule has 0 radical (unpaired) electrons. The molecule has 0 aromatic heterocycles. The second-order valence-electron chi connectivity index (χ2n) is 4.65. The number of nitrogens with one attached hydrogen (secondary N) is 2. The zero-order chi connectivity index (χ0) is 15.9. The van der Waals surface area contributed by atoms with Crippen LogP contribution in [-0.4, -0.2) is 17.0 Å². The molecule has 0 heterocycles. The summed E-state index contributed by atoms with van der Waals surface area (Å²) in [4.78, 5) is 22.6. The van der Waals surface area contributed by atoms with E-state index in [2.05, 4.69) is 5.32 Å². The number of hydrogen-bond acceptors (Lipinski definition) is 3. The van der Waals surface area contributed by atoms with Crippen LogP contribution in [0.4, 0.5) is 0 Å². The zero-order valence-corrected chi connectivity index (χ0v) is 12.9.